The number of hydrogen-bond donors (Lipinski definition) is 0. The SMILES string of the molecule is C[C@]1(Cn2cnc3ccc(C#N)cc32)CCC[C@@]2(CN(c3cnc(C(F)(F)F)cn3)C(=O)O2)C1. The average molecular weight is 470 g/mol. The monoisotopic (exact) mass is 470 g/mol. The molecule has 2 atom stereocenters. The lowest BCUT2D eigenvalue weighted by atomic mass is 9.68. The Hall–Kier alpha value is -3.68. The molecule has 1 aromatic carbocycles. The number of benzene rings is 1. The molecule has 2 aromatic heterocycles. The summed E-state index contributed by atoms with van der Waals surface area (Å²) in [5.41, 5.74) is 0.116. The van der Waals surface area contributed by atoms with Crippen LogP contribution in [0.1, 0.15) is 43.9 Å². The maximum absolute atomic E-state index is 12.8. The minimum absolute atomic E-state index is 0.0341. The van der Waals surface area contributed by atoms with Crippen molar-refractivity contribution in [1.82, 2.24) is 19.5 Å². The van der Waals surface area contributed by atoms with Crippen LogP contribution in [-0.2, 0) is 17.5 Å². The molecule has 2 fully saturated rings. The van der Waals surface area contributed by atoms with Crippen LogP contribution >= 0.6 is 0 Å². The number of rotatable bonds is 3. The van der Waals surface area contributed by atoms with Crippen molar-refractivity contribution >= 4 is 22.9 Å². The van der Waals surface area contributed by atoms with E-state index in [9.17, 15) is 23.2 Å². The first kappa shape index (κ1) is 22.1. The van der Waals surface area contributed by atoms with E-state index in [4.69, 9.17) is 4.74 Å². The predicted octanol–water partition coefficient (Wildman–Crippen LogP) is 4.69. The Morgan fingerprint density at radius 3 is 2.74 bits per heavy atom. The first-order valence-electron chi connectivity index (χ1n) is 10.8. The minimum atomic E-state index is -4.60. The summed E-state index contributed by atoms with van der Waals surface area (Å²) in [5, 5.41) is 9.24. The molecule has 1 aliphatic heterocycles. The van der Waals surface area contributed by atoms with Crippen LogP contribution < -0.4 is 4.90 Å². The first-order chi connectivity index (χ1) is 16.1. The van der Waals surface area contributed by atoms with Crippen molar-refractivity contribution in [3.8, 4) is 6.07 Å². The number of fused-ring (bicyclic) bond motifs is 1. The van der Waals surface area contributed by atoms with Crippen molar-refractivity contribution in [2.45, 2.75) is 50.9 Å². The van der Waals surface area contributed by atoms with Gasteiger partial charge in [0.05, 0.1) is 47.9 Å². The Labute approximate surface area is 193 Å². The van der Waals surface area contributed by atoms with Gasteiger partial charge in [0.15, 0.2) is 11.5 Å². The summed E-state index contributed by atoms with van der Waals surface area (Å²) in [6, 6.07) is 7.50. The van der Waals surface area contributed by atoms with Crippen molar-refractivity contribution in [3.05, 3.63) is 48.2 Å². The highest BCUT2D eigenvalue weighted by atomic mass is 19.4. The van der Waals surface area contributed by atoms with Gasteiger partial charge in [0, 0.05) is 6.54 Å². The molecule has 0 unspecified atom stereocenters. The van der Waals surface area contributed by atoms with Gasteiger partial charge in [-0.2, -0.15) is 18.4 Å². The fourth-order valence-electron chi connectivity index (χ4n) is 5.22. The summed E-state index contributed by atoms with van der Waals surface area (Å²) in [6.45, 7) is 2.95. The third-order valence-corrected chi connectivity index (χ3v) is 6.64. The number of nitriles is 1. The number of anilines is 1. The number of nitrogens with zero attached hydrogens (tertiary/aromatic N) is 6. The van der Waals surface area contributed by atoms with Crippen LogP contribution in [0.2, 0.25) is 0 Å². The standard InChI is InChI=1S/C23H21F3N6O2/c1-21(12-31-14-30-16-4-3-15(8-27)7-17(16)31)5-2-6-22(11-21)13-32(20(33)34-22)19-10-28-18(9-29-19)23(24,25)26/h3-4,7,9-10,14H,2,5-6,11-13H2,1H3/t21-,22-/m0/s1. The molecule has 1 saturated carbocycles. The second-order valence-corrected chi connectivity index (χ2v) is 9.42. The van der Waals surface area contributed by atoms with E-state index >= 15 is 0 Å². The second kappa shape index (κ2) is 7.68. The molecule has 3 heterocycles. The Morgan fingerprint density at radius 1 is 1.21 bits per heavy atom. The maximum Gasteiger partial charge on any atom is 0.434 e. The van der Waals surface area contributed by atoms with Gasteiger partial charge < -0.3 is 9.30 Å². The minimum Gasteiger partial charge on any atom is -0.441 e. The molecule has 1 aliphatic carbocycles. The van der Waals surface area contributed by atoms with Crippen LogP contribution in [-0.4, -0.2) is 37.8 Å². The van der Waals surface area contributed by atoms with Gasteiger partial charge in [0.25, 0.3) is 0 Å². The highest BCUT2D eigenvalue weighted by Crippen LogP contribution is 2.47. The van der Waals surface area contributed by atoms with Crippen LogP contribution in [0.25, 0.3) is 11.0 Å². The lowest BCUT2D eigenvalue weighted by Crippen LogP contribution is -2.45. The zero-order chi connectivity index (χ0) is 24.1. The Kier molecular flexibility index (Phi) is 5.00. The number of carbonyl (C=O) groups is 1. The summed E-state index contributed by atoms with van der Waals surface area (Å²) in [7, 11) is 0. The summed E-state index contributed by atoms with van der Waals surface area (Å²) in [4.78, 5) is 25.6. The van der Waals surface area contributed by atoms with Gasteiger partial charge in [-0.05, 0) is 49.3 Å². The third-order valence-electron chi connectivity index (χ3n) is 6.64. The summed E-state index contributed by atoms with van der Waals surface area (Å²) < 4.78 is 46.3. The van der Waals surface area contributed by atoms with E-state index in [1.165, 1.54) is 4.90 Å². The molecule has 34 heavy (non-hydrogen) atoms. The largest absolute Gasteiger partial charge is 0.441 e. The van der Waals surface area contributed by atoms with Gasteiger partial charge >= 0.3 is 12.3 Å². The molecule has 176 valence electrons. The van der Waals surface area contributed by atoms with E-state index in [1.54, 1.807) is 12.4 Å². The van der Waals surface area contributed by atoms with E-state index < -0.39 is 23.6 Å². The van der Waals surface area contributed by atoms with Crippen molar-refractivity contribution in [1.29, 1.82) is 5.26 Å². The molecule has 2 aliphatic rings. The molecule has 0 bridgehead atoms. The van der Waals surface area contributed by atoms with Gasteiger partial charge in [0.1, 0.15) is 5.60 Å². The van der Waals surface area contributed by atoms with Crippen molar-refractivity contribution < 1.29 is 22.7 Å². The van der Waals surface area contributed by atoms with Crippen LogP contribution in [0.4, 0.5) is 23.8 Å². The molecule has 11 heteroatoms. The van der Waals surface area contributed by atoms with Crippen LogP contribution in [0, 0.1) is 16.7 Å². The zero-order valence-corrected chi connectivity index (χ0v) is 18.3. The molecule has 0 N–H and O–H groups in total. The van der Waals surface area contributed by atoms with Crippen LogP contribution in [0.3, 0.4) is 0 Å². The second-order valence-electron chi connectivity index (χ2n) is 9.42. The van der Waals surface area contributed by atoms with E-state index in [0.29, 0.717) is 31.1 Å². The number of carbonyl (C=O) groups excluding carboxylic acids is 1. The van der Waals surface area contributed by atoms with E-state index in [1.807, 2.05) is 16.7 Å². The number of hydrogen-bond acceptors (Lipinski definition) is 6. The van der Waals surface area contributed by atoms with Crippen LogP contribution in [0.15, 0.2) is 36.9 Å². The quantitative estimate of drug-likeness (QED) is 0.551. The third kappa shape index (κ3) is 3.93. The Balaban J connectivity index is 1.36. The van der Waals surface area contributed by atoms with E-state index in [0.717, 1.165) is 30.1 Å². The summed E-state index contributed by atoms with van der Waals surface area (Å²) in [6.07, 6.45) is 1.06. The fraction of sp³-hybridized carbons (Fsp3) is 0.435. The lowest BCUT2D eigenvalue weighted by molar-refractivity contribution is -0.141. The smallest absolute Gasteiger partial charge is 0.434 e. The molecule has 3 aromatic rings. The first-order valence-corrected chi connectivity index (χ1v) is 10.8. The number of imidazole rings is 1. The molecule has 5 rings (SSSR count). The molecule has 0 radical (unpaired) electrons. The highest BCUT2D eigenvalue weighted by Gasteiger charge is 2.52. The Morgan fingerprint density at radius 2 is 2.03 bits per heavy atom. The molecule has 8 nitrogen and oxygen atoms in total. The fourth-order valence-corrected chi connectivity index (χ4v) is 5.22. The van der Waals surface area contributed by atoms with Gasteiger partial charge in [-0.1, -0.05) is 6.92 Å². The van der Waals surface area contributed by atoms with Gasteiger partial charge in [-0.15, -0.1) is 0 Å². The molecular weight excluding hydrogens is 449 g/mol. The summed E-state index contributed by atoms with van der Waals surface area (Å²) in [5.74, 6) is 0.0341. The number of alkyl halides is 3. The van der Waals surface area contributed by atoms with E-state index in [-0.39, 0.29) is 17.8 Å². The number of amides is 1. The van der Waals surface area contributed by atoms with Gasteiger partial charge in [0.2, 0.25) is 0 Å². The molecule has 1 amide bonds. The lowest BCUT2D eigenvalue weighted by Gasteiger charge is -2.43. The van der Waals surface area contributed by atoms with Crippen LogP contribution in [0.5, 0.6) is 0 Å². The Bertz CT molecular complexity index is 1300. The van der Waals surface area contributed by atoms with E-state index in [2.05, 4.69) is 27.9 Å². The molecule has 1 spiro atoms. The highest BCUT2D eigenvalue weighted by molar-refractivity contribution is 5.89. The zero-order valence-electron chi connectivity index (χ0n) is 18.3. The predicted molar refractivity (Wildman–Crippen MR) is 115 cm³/mol. The van der Waals surface area contributed by atoms with Gasteiger partial charge in [-0.3, -0.25) is 4.90 Å². The van der Waals surface area contributed by atoms with Crippen molar-refractivity contribution in [2.75, 3.05) is 11.4 Å². The maximum atomic E-state index is 12.8. The summed E-state index contributed by atoms with van der Waals surface area (Å²) >= 11 is 0. The number of aromatic nitrogens is 4. The molecular formula is C23H21F3N6O2. The molecule has 1 saturated heterocycles. The number of halogens is 3. The normalized spacial score (nSPS) is 25.0. The average Bonchev–Trinajstić information content (AvgIpc) is 3.32. The number of ether oxygens (including phenoxy) is 1. The topological polar surface area (TPSA) is 96.9 Å². The van der Waals surface area contributed by atoms with Crippen molar-refractivity contribution in [3.63, 3.8) is 0 Å². The van der Waals surface area contributed by atoms with Crippen molar-refractivity contribution in [2.24, 2.45) is 5.41 Å². The van der Waals surface area contributed by atoms with Gasteiger partial charge in [-0.25, -0.2) is 19.7 Å².